The van der Waals surface area contributed by atoms with Crippen LogP contribution in [0.4, 0.5) is 0 Å². The summed E-state index contributed by atoms with van der Waals surface area (Å²) in [5.74, 6) is 0.649. The highest BCUT2D eigenvalue weighted by atomic mass is 16.5. The third-order valence-corrected chi connectivity index (χ3v) is 4.22. The molecule has 8 nitrogen and oxygen atoms in total. The van der Waals surface area contributed by atoms with Gasteiger partial charge in [-0.15, -0.1) is 0 Å². The van der Waals surface area contributed by atoms with Gasteiger partial charge in [-0.3, -0.25) is 14.3 Å². The van der Waals surface area contributed by atoms with Crippen LogP contribution in [-0.4, -0.2) is 31.6 Å². The molecule has 2 aromatic heterocycles. The lowest BCUT2D eigenvalue weighted by atomic mass is 10.1. The number of hydrogen-bond donors (Lipinski definition) is 1. The zero-order chi connectivity index (χ0) is 19.4. The molecule has 27 heavy (non-hydrogen) atoms. The molecule has 0 saturated heterocycles. The molecule has 0 fully saturated rings. The molecule has 3 aromatic rings. The first-order chi connectivity index (χ1) is 13.0. The summed E-state index contributed by atoms with van der Waals surface area (Å²) < 4.78 is 6.90. The molecule has 140 valence electrons. The van der Waals surface area contributed by atoms with E-state index in [2.05, 4.69) is 20.6 Å². The van der Waals surface area contributed by atoms with Gasteiger partial charge in [-0.1, -0.05) is 23.4 Å². The minimum absolute atomic E-state index is 0.0213. The fraction of sp³-hybridized carbons (Fsp3) is 0.316. The zero-order valence-electron chi connectivity index (χ0n) is 15.5. The Labute approximate surface area is 156 Å². The summed E-state index contributed by atoms with van der Waals surface area (Å²) in [5, 5.41) is 11.0. The van der Waals surface area contributed by atoms with E-state index in [0.717, 1.165) is 11.3 Å². The molecule has 0 radical (unpaired) electrons. The largest absolute Gasteiger partial charge is 0.349 e. The van der Waals surface area contributed by atoms with E-state index >= 15 is 0 Å². The normalized spacial score (nSPS) is 10.8. The van der Waals surface area contributed by atoms with E-state index in [1.165, 1.54) is 6.92 Å². The number of nitrogens with one attached hydrogen (secondary N) is 1. The van der Waals surface area contributed by atoms with Crippen LogP contribution in [0.3, 0.4) is 0 Å². The van der Waals surface area contributed by atoms with Crippen LogP contribution in [0.15, 0.2) is 34.9 Å². The Morgan fingerprint density at radius 2 is 1.93 bits per heavy atom. The molecule has 1 aromatic carbocycles. The van der Waals surface area contributed by atoms with Crippen LogP contribution in [0.2, 0.25) is 0 Å². The van der Waals surface area contributed by atoms with Crippen molar-refractivity contribution in [1.82, 2.24) is 25.2 Å². The van der Waals surface area contributed by atoms with E-state index in [-0.39, 0.29) is 24.7 Å². The minimum Gasteiger partial charge on any atom is -0.349 e. The van der Waals surface area contributed by atoms with E-state index in [1.54, 1.807) is 11.6 Å². The third-order valence-electron chi connectivity index (χ3n) is 4.22. The maximum absolute atomic E-state index is 12.1. The Morgan fingerprint density at radius 3 is 2.59 bits per heavy atom. The molecule has 8 heteroatoms. The Balaban J connectivity index is 1.53. The number of carbonyl (C=O) groups is 2. The maximum atomic E-state index is 12.1. The summed E-state index contributed by atoms with van der Waals surface area (Å²) in [7, 11) is 0. The summed E-state index contributed by atoms with van der Waals surface area (Å²) >= 11 is 0. The zero-order valence-corrected chi connectivity index (χ0v) is 15.5. The van der Waals surface area contributed by atoms with Gasteiger partial charge >= 0.3 is 0 Å². The van der Waals surface area contributed by atoms with Gasteiger partial charge in [0.2, 0.25) is 5.91 Å². The van der Waals surface area contributed by atoms with Crippen molar-refractivity contribution in [1.29, 1.82) is 0 Å². The molecule has 0 spiro atoms. The molecule has 0 saturated carbocycles. The predicted octanol–water partition coefficient (Wildman–Crippen LogP) is 2.46. The number of carbonyl (C=O) groups excluding carboxylic acids is 2. The molecule has 0 aliphatic heterocycles. The van der Waals surface area contributed by atoms with Crippen molar-refractivity contribution in [2.75, 3.05) is 0 Å². The molecule has 2 heterocycles. The molecule has 3 rings (SSSR count). The van der Waals surface area contributed by atoms with Crippen molar-refractivity contribution in [3.8, 4) is 11.5 Å². The highest BCUT2D eigenvalue weighted by molar-refractivity contribution is 5.96. The fourth-order valence-corrected chi connectivity index (χ4v) is 2.92. The fourth-order valence-electron chi connectivity index (χ4n) is 2.92. The number of aryl methyl sites for hydroxylation is 2. The van der Waals surface area contributed by atoms with E-state index in [0.29, 0.717) is 29.5 Å². The van der Waals surface area contributed by atoms with E-state index in [1.807, 2.05) is 37.3 Å². The molecule has 0 aliphatic rings. The summed E-state index contributed by atoms with van der Waals surface area (Å²) in [6.07, 6.45) is 0.239. The molecular weight excluding hydrogens is 346 g/mol. The smallest absolute Gasteiger partial charge is 0.257 e. The Hall–Kier alpha value is -3.29. The van der Waals surface area contributed by atoms with Gasteiger partial charge < -0.3 is 9.84 Å². The number of Topliss-reactive ketones (excluding diaryl/α,β-unsaturated/α-hetero) is 1. The first kappa shape index (κ1) is 18.5. The number of amides is 1. The van der Waals surface area contributed by atoms with Crippen molar-refractivity contribution in [2.24, 2.45) is 0 Å². The van der Waals surface area contributed by atoms with Crippen molar-refractivity contribution in [3.05, 3.63) is 53.1 Å². The number of hydrogen-bond acceptors (Lipinski definition) is 6. The van der Waals surface area contributed by atoms with Gasteiger partial charge in [-0.05, 0) is 32.9 Å². The lowest BCUT2D eigenvalue weighted by Gasteiger charge is -2.05. The molecule has 0 bridgehead atoms. The van der Waals surface area contributed by atoms with Crippen molar-refractivity contribution in [3.63, 3.8) is 0 Å². The van der Waals surface area contributed by atoms with Gasteiger partial charge in [0, 0.05) is 24.2 Å². The molecule has 0 atom stereocenters. The van der Waals surface area contributed by atoms with Crippen LogP contribution >= 0.6 is 0 Å². The van der Waals surface area contributed by atoms with Crippen molar-refractivity contribution >= 4 is 11.7 Å². The molecule has 1 N–H and O–H groups in total. The summed E-state index contributed by atoms with van der Waals surface area (Å²) in [4.78, 5) is 28.0. The first-order valence-corrected chi connectivity index (χ1v) is 8.65. The third kappa shape index (κ3) is 4.28. The lowest BCUT2D eigenvalue weighted by molar-refractivity contribution is -0.121. The van der Waals surface area contributed by atoms with Crippen molar-refractivity contribution in [2.45, 2.75) is 40.3 Å². The number of rotatable bonds is 7. The highest BCUT2D eigenvalue weighted by Gasteiger charge is 2.16. The second-order valence-electron chi connectivity index (χ2n) is 6.23. The molecule has 1 amide bonds. The summed E-state index contributed by atoms with van der Waals surface area (Å²) in [5.41, 5.74) is 2.91. The summed E-state index contributed by atoms with van der Waals surface area (Å²) in [6, 6.07) is 9.43. The van der Waals surface area contributed by atoms with Crippen molar-refractivity contribution < 1.29 is 14.1 Å². The lowest BCUT2D eigenvalue weighted by Crippen LogP contribution is -2.24. The topological polar surface area (TPSA) is 103 Å². The standard InChI is InChI=1S/C19H21N5O3/c1-12-18(14(3)25)13(2)24(22-12)10-9-17(26)20-11-16-21-19(27-23-16)15-7-5-4-6-8-15/h4-8H,9-11H2,1-3H3,(H,20,26). The predicted molar refractivity (Wildman–Crippen MR) is 97.9 cm³/mol. The van der Waals surface area contributed by atoms with Gasteiger partial charge in [0.1, 0.15) is 0 Å². The second-order valence-corrected chi connectivity index (χ2v) is 6.23. The average molecular weight is 367 g/mol. The average Bonchev–Trinajstić information content (AvgIpc) is 3.23. The highest BCUT2D eigenvalue weighted by Crippen LogP contribution is 2.16. The van der Waals surface area contributed by atoms with Crippen LogP contribution < -0.4 is 5.32 Å². The number of nitrogens with zero attached hydrogens (tertiary/aromatic N) is 4. The van der Waals surface area contributed by atoms with Gasteiger partial charge in [-0.25, -0.2) is 0 Å². The number of benzene rings is 1. The molecule has 0 aliphatic carbocycles. The monoisotopic (exact) mass is 367 g/mol. The van der Waals surface area contributed by atoms with E-state index < -0.39 is 0 Å². The molecule has 0 unspecified atom stereocenters. The van der Waals surface area contributed by atoms with Gasteiger partial charge in [0.05, 0.1) is 17.8 Å². The van der Waals surface area contributed by atoms with Crippen LogP contribution in [0.1, 0.15) is 40.9 Å². The SMILES string of the molecule is CC(=O)c1c(C)nn(CCC(=O)NCc2noc(-c3ccccc3)n2)c1C. The molecular formula is C19H21N5O3. The quantitative estimate of drug-likeness (QED) is 0.644. The van der Waals surface area contributed by atoms with Gasteiger partial charge in [0.15, 0.2) is 11.6 Å². The first-order valence-electron chi connectivity index (χ1n) is 8.65. The summed E-state index contributed by atoms with van der Waals surface area (Å²) in [6.45, 7) is 5.72. The Morgan fingerprint density at radius 1 is 1.19 bits per heavy atom. The minimum atomic E-state index is -0.155. The number of aromatic nitrogens is 4. The second kappa shape index (κ2) is 7.94. The van der Waals surface area contributed by atoms with Crippen LogP contribution in [-0.2, 0) is 17.9 Å². The van der Waals surface area contributed by atoms with E-state index in [4.69, 9.17) is 4.52 Å². The van der Waals surface area contributed by atoms with Crippen LogP contribution in [0.25, 0.3) is 11.5 Å². The van der Waals surface area contributed by atoms with Gasteiger partial charge in [0.25, 0.3) is 5.89 Å². The van der Waals surface area contributed by atoms with Gasteiger partial charge in [-0.2, -0.15) is 10.1 Å². The maximum Gasteiger partial charge on any atom is 0.257 e. The van der Waals surface area contributed by atoms with Crippen LogP contribution in [0.5, 0.6) is 0 Å². The van der Waals surface area contributed by atoms with Crippen LogP contribution in [0, 0.1) is 13.8 Å². The Kier molecular flexibility index (Phi) is 5.44. The van der Waals surface area contributed by atoms with E-state index in [9.17, 15) is 9.59 Å². The number of ketones is 1. The Bertz CT molecular complexity index is 959.